The van der Waals surface area contributed by atoms with Gasteiger partial charge in [-0.1, -0.05) is 12.1 Å². The van der Waals surface area contributed by atoms with E-state index in [2.05, 4.69) is 15.3 Å². The van der Waals surface area contributed by atoms with E-state index in [0.29, 0.717) is 0 Å². The first-order valence-electron chi connectivity index (χ1n) is 7.32. The number of rotatable bonds is 4. The number of nitrogens with one attached hydrogen (secondary N) is 2. The molecule has 134 valence electrons. The zero-order valence-electron chi connectivity index (χ0n) is 13.4. The number of aryl methyl sites for hydroxylation is 1. The number of aromatic nitrogens is 2. The molecule has 0 radical (unpaired) electrons. The molecule has 6 nitrogen and oxygen atoms in total. The number of hydrogen-bond acceptors (Lipinski definition) is 4. The molecule has 2 atom stereocenters. The van der Waals surface area contributed by atoms with Gasteiger partial charge < -0.3 is 15.4 Å². The monoisotopic (exact) mass is 355 g/mol. The highest BCUT2D eigenvalue weighted by Crippen LogP contribution is 2.30. The van der Waals surface area contributed by atoms with Crippen molar-refractivity contribution in [1.29, 1.82) is 0 Å². The van der Waals surface area contributed by atoms with Crippen molar-refractivity contribution in [3.8, 4) is 0 Å². The second kappa shape index (κ2) is 7.06. The number of H-pyrrole nitrogens is 1. The Balaban J connectivity index is 2.26. The number of carbonyl (C=O) groups excluding carboxylic acids is 1. The molecule has 0 saturated carbocycles. The van der Waals surface area contributed by atoms with Gasteiger partial charge in [-0.15, -0.1) is 0 Å². The zero-order chi connectivity index (χ0) is 18.8. The lowest BCUT2D eigenvalue weighted by molar-refractivity contribution is -0.137. The van der Waals surface area contributed by atoms with E-state index < -0.39 is 35.4 Å². The van der Waals surface area contributed by atoms with Crippen LogP contribution in [-0.4, -0.2) is 27.1 Å². The van der Waals surface area contributed by atoms with E-state index >= 15 is 0 Å². The number of halogens is 3. The van der Waals surface area contributed by atoms with Gasteiger partial charge in [-0.3, -0.25) is 9.59 Å². The minimum absolute atomic E-state index is 0.154. The molecular weight excluding hydrogens is 339 g/mol. The van der Waals surface area contributed by atoms with Gasteiger partial charge in [-0.25, -0.2) is 4.98 Å². The highest BCUT2D eigenvalue weighted by atomic mass is 19.4. The van der Waals surface area contributed by atoms with Crippen LogP contribution in [0.25, 0.3) is 0 Å². The molecule has 1 amide bonds. The second-order valence-corrected chi connectivity index (χ2v) is 5.53. The van der Waals surface area contributed by atoms with Crippen molar-refractivity contribution < 1.29 is 23.1 Å². The van der Waals surface area contributed by atoms with Crippen LogP contribution in [0.1, 0.15) is 40.4 Å². The van der Waals surface area contributed by atoms with E-state index in [4.69, 9.17) is 0 Å². The van der Waals surface area contributed by atoms with Gasteiger partial charge in [-0.05, 0) is 31.5 Å². The molecule has 9 heteroatoms. The van der Waals surface area contributed by atoms with Gasteiger partial charge >= 0.3 is 6.18 Å². The SMILES string of the molecule is Cc1nc(C(=O)N[C@@H](c2ccc(C(F)(F)F)cc2)[C@@H](C)O)cc(=O)[nH]1. The fourth-order valence-corrected chi connectivity index (χ4v) is 2.27. The predicted octanol–water partition coefficient (Wildman–Crippen LogP) is 1.95. The Kier molecular flexibility index (Phi) is 5.27. The summed E-state index contributed by atoms with van der Waals surface area (Å²) in [5.74, 6) is -0.485. The highest BCUT2D eigenvalue weighted by molar-refractivity contribution is 5.92. The van der Waals surface area contributed by atoms with Gasteiger partial charge in [0.2, 0.25) is 0 Å². The Bertz CT molecular complexity index is 814. The number of carbonyl (C=O) groups is 1. The van der Waals surface area contributed by atoms with E-state index in [1.54, 1.807) is 0 Å². The number of aromatic amines is 1. The Morgan fingerprint density at radius 2 is 1.88 bits per heavy atom. The average Bonchev–Trinajstić information content (AvgIpc) is 2.50. The van der Waals surface area contributed by atoms with E-state index in [9.17, 15) is 27.9 Å². The van der Waals surface area contributed by atoms with Gasteiger partial charge in [0.15, 0.2) is 0 Å². The van der Waals surface area contributed by atoms with Gasteiger partial charge in [0.1, 0.15) is 11.5 Å². The van der Waals surface area contributed by atoms with Crippen LogP contribution in [0.3, 0.4) is 0 Å². The van der Waals surface area contributed by atoms with Crippen molar-refractivity contribution in [3.63, 3.8) is 0 Å². The summed E-state index contributed by atoms with van der Waals surface area (Å²) < 4.78 is 37.9. The van der Waals surface area contributed by atoms with Crippen LogP contribution in [0.15, 0.2) is 35.1 Å². The fraction of sp³-hybridized carbons (Fsp3) is 0.312. The zero-order valence-corrected chi connectivity index (χ0v) is 13.4. The molecule has 2 rings (SSSR count). The normalized spacial score (nSPS) is 14.0. The molecule has 1 aromatic heterocycles. The number of aliphatic hydroxyl groups is 1. The standard InChI is InChI=1S/C16H16F3N3O3/c1-8(23)14(10-3-5-11(6-4-10)16(17,18)19)22-15(25)12-7-13(24)21-9(2)20-12/h3-8,14,23H,1-2H3,(H,22,25)(H,20,21,24)/t8-,14-/m1/s1. The van der Waals surface area contributed by atoms with Crippen LogP contribution < -0.4 is 10.9 Å². The summed E-state index contributed by atoms with van der Waals surface area (Å²) in [4.78, 5) is 29.9. The van der Waals surface area contributed by atoms with E-state index in [0.717, 1.165) is 18.2 Å². The first-order chi connectivity index (χ1) is 11.6. The van der Waals surface area contributed by atoms with Crippen molar-refractivity contribution in [2.45, 2.75) is 32.2 Å². The first kappa shape index (κ1) is 18.7. The fourth-order valence-electron chi connectivity index (χ4n) is 2.27. The van der Waals surface area contributed by atoms with Crippen molar-refractivity contribution >= 4 is 5.91 Å². The molecule has 25 heavy (non-hydrogen) atoms. The number of nitrogens with zero attached hydrogens (tertiary/aromatic N) is 1. The maximum absolute atomic E-state index is 12.6. The smallest absolute Gasteiger partial charge is 0.391 e. The Morgan fingerprint density at radius 1 is 1.28 bits per heavy atom. The topological polar surface area (TPSA) is 95.1 Å². The summed E-state index contributed by atoms with van der Waals surface area (Å²) in [6.07, 6.45) is -5.56. The van der Waals surface area contributed by atoms with E-state index in [-0.39, 0.29) is 17.1 Å². The molecule has 0 saturated heterocycles. The van der Waals surface area contributed by atoms with Crippen molar-refractivity contribution in [2.75, 3.05) is 0 Å². The molecule has 0 aliphatic carbocycles. The molecule has 0 aliphatic rings. The maximum Gasteiger partial charge on any atom is 0.416 e. The number of hydrogen-bond donors (Lipinski definition) is 3. The Morgan fingerprint density at radius 3 is 2.36 bits per heavy atom. The van der Waals surface area contributed by atoms with Crippen LogP contribution in [0.5, 0.6) is 0 Å². The lowest BCUT2D eigenvalue weighted by atomic mass is 10.0. The third-order valence-corrected chi connectivity index (χ3v) is 3.46. The molecule has 0 aliphatic heterocycles. The summed E-state index contributed by atoms with van der Waals surface area (Å²) in [6.45, 7) is 2.89. The van der Waals surface area contributed by atoms with Crippen LogP contribution in [0.2, 0.25) is 0 Å². The minimum atomic E-state index is -4.48. The van der Waals surface area contributed by atoms with E-state index in [1.807, 2.05) is 0 Å². The predicted molar refractivity (Wildman–Crippen MR) is 82.9 cm³/mol. The number of aliphatic hydroxyl groups excluding tert-OH is 1. The number of amides is 1. The van der Waals surface area contributed by atoms with Crippen molar-refractivity contribution in [1.82, 2.24) is 15.3 Å². The summed E-state index contributed by atoms with van der Waals surface area (Å²) in [5.41, 5.74) is -1.21. The maximum atomic E-state index is 12.6. The van der Waals surface area contributed by atoms with Gasteiger partial charge in [0.05, 0.1) is 17.7 Å². The summed E-state index contributed by atoms with van der Waals surface area (Å²) in [6, 6.07) is 4.12. The number of alkyl halides is 3. The minimum Gasteiger partial charge on any atom is -0.391 e. The molecule has 3 N–H and O–H groups in total. The molecule has 1 aromatic carbocycles. The lowest BCUT2D eigenvalue weighted by Gasteiger charge is -2.22. The molecule has 0 spiro atoms. The average molecular weight is 355 g/mol. The molecular formula is C16H16F3N3O3. The second-order valence-electron chi connectivity index (χ2n) is 5.53. The van der Waals surface area contributed by atoms with Crippen LogP contribution in [0.4, 0.5) is 13.2 Å². The third kappa shape index (κ3) is 4.66. The Hall–Kier alpha value is -2.68. The lowest BCUT2D eigenvalue weighted by Crippen LogP contribution is -2.36. The van der Waals surface area contributed by atoms with Gasteiger partial charge in [0, 0.05) is 6.07 Å². The summed E-state index contributed by atoms with van der Waals surface area (Å²) >= 11 is 0. The summed E-state index contributed by atoms with van der Waals surface area (Å²) in [5, 5.41) is 12.4. The quantitative estimate of drug-likeness (QED) is 0.781. The molecule has 0 unspecified atom stereocenters. The molecule has 0 bridgehead atoms. The largest absolute Gasteiger partial charge is 0.416 e. The van der Waals surface area contributed by atoms with Gasteiger partial charge in [-0.2, -0.15) is 13.2 Å². The first-order valence-corrected chi connectivity index (χ1v) is 7.32. The van der Waals surface area contributed by atoms with E-state index in [1.165, 1.54) is 26.0 Å². The summed E-state index contributed by atoms with van der Waals surface area (Å²) in [7, 11) is 0. The molecule has 0 fully saturated rings. The third-order valence-electron chi connectivity index (χ3n) is 3.46. The van der Waals surface area contributed by atoms with Crippen molar-refractivity contribution in [2.24, 2.45) is 0 Å². The highest BCUT2D eigenvalue weighted by Gasteiger charge is 2.30. The number of benzene rings is 1. The molecule has 2 aromatic rings. The molecule has 1 heterocycles. The Labute approximate surface area is 140 Å². The van der Waals surface area contributed by atoms with Gasteiger partial charge in [0.25, 0.3) is 11.5 Å². The van der Waals surface area contributed by atoms with Crippen LogP contribution in [-0.2, 0) is 6.18 Å². The van der Waals surface area contributed by atoms with Crippen LogP contribution >= 0.6 is 0 Å². The van der Waals surface area contributed by atoms with Crippen LogP contribution in [0, 0.1) is 6.92 Å². The van der Waals surface area contributed by atoms with Crippen molar-refractivity contribution in [3.05, 3.63) is 63.3 Å².